The molecule has 2 heterocycles. The average molecular weight is 415 g/mol. The van der Waals surface area contributed by atoms with Crippen molar-refractivity contribution in [2.75, 3.05) is 6.61 Å². The number of amides is 1. The number of halogens is 3. The van der Waals surface area contributed by atoms with Crippen molar-refractivity contribution in [2.45, 2.75) is 31.5 Å². The average Bonchev–Trinajstić information content (AvgIpc) is 3.53. The number of hydrogen-bond acceptors (Lipinski definition) is 4. The molecule has 8 heteroatoms. The molecule has 0 aliphatic heterocycles. The Hall–Kier alpha value is -3.16. The van der Waals surface area contributed by atoms with Crippen LogP contribution in [0.4, 0.5) is 13.2 Å². The first-order valence-electron chi connectivity index (χ1n) is 9.61. The first-order chi connectivity index (χ1) is 14.3. The fourth-order valence-corrected chi connectivity index (χ4v) is 3.41. The number of carbonyl (C=O) groups excluding carboxylic acids is 1. The van der Waals surface area contributed by atoms with Gasteiger partial charge in [0.15, 0.2) is 6.61 Å². The van der Waals surface area contributed by atoms with Gasteiger partial charge < -0.3 is 10.1 Å². The number of fused-ring (bicyclic) bond motifs is 1. The van der Waals surface area contributed by atoms with Crippen molar-refractivity contribution in [3.8, 4) is 5.75 Å². The van der Waals surface area contributed by atoms with Gasteiger partial charge in [0.05, 0.1) is 17.9 Å². The Morgan fingerprint density at radius 2 is 1.93 bits per heavy atom. The van der Waals surface area contributed by atoms with E-state index in [0.29, 0.717) is 5.69 Å². The molecular weight excluding hydrogens is 395 g/mol. The second-order valence-corrected chi connectivity index (χ2v) is 7.46. The maximum atomic E-state index is 12.6. The molecule has 2 aromatic heterocycles. The third kappa shape index (κ3) is 4.69. The molecule has 4 rings (SSSR count). The minimum Gasteiger partial charge on any atom is -0.483 e. The van der Waals surface area contributed by atoms with Crippen molar-refractivity contribution in [1.29, 1.82) is 0 Å². The fourth-order valence-electron chi connectivity index (χ4n) is 3.41. The number of ether oxygens (including phenoxy) is 1. The van der Waals surface area contributed by atoms with Gasteiger partial charge in [-0.1, -0.05) is 24.3 Å². The number of alkyl halides is 3. The summed E-state index contributed by atoms with van der Waals surface area (Å²) in [5, 5.41) is 5.08. The first-order valence-corrected chi connectivity index (χ1v) is 9.61. The molecule has 3 atom stereocenters. The first kappa shape index (κ1) is 20.1. The lowest BCUT2D eigenvalue weighted by atomic mass is 10.1. The van der Waals surface area contributed by atoms with Gasteiger partial charge in [0, 0.05) is 29.1 Å². The third-order valence-electron chi connectivity index (χ3n) is 5.12. The van der Waals surface area contributed by atoms with Crippen LogP contribution in [0.25, 0.3) is 10.8 Å². The van der Waals surface area contributed by atoms with Crippen molar-refractivity contribution in [3.63, 3.8) is 0 Å². The Morgan fingerprint density at radius 1 is 1.17 bits per heavy atom. The molecule has 30 heavy (non-hydrogen) atoms. The molecule has 0 spiro atoms. The van der Waals surface area contributed by atoms with Crippen molar-refractivity contribution >= 4 is 16.7 Å². The van der Waals surface area contributed by atoms with E-state index in [1.807, 2.05) is 36.5 Å². The van der Waals surface area contributed by atoms with Gasteiger partial charge in [-0.15, -0.1) is 0 Å². The molecular formula is C22H20F3N3O2. The summed E-state index contributed by atoms with van der Waals surface area (Å²) in [6, 6.07) is 12.6. The van der Waals surface area contributed by atoms with E-state index in [9.17, 15) is 18.0 Å². The molecule has 0 bridgehead atoms. The molecule has 1 aromatic carbocycles. The van der Waals surface area contributed by atoms with E-state index >= 15 is 0 Å². The van der Waals surface area contributed by atoms with E-state index in [-0.39, 0.29) is 29.5 Å². The van der Waals surface area contributed by atoms with Gasteiger partial charge in [-0.05, 0) is 36.9 Å². The number of nitrogens with zero attached hydrogens (tertiary/aromatic N) is 2. The number of carbonyl (C=O) groups is 1. The lowest BCUT2D eigenvalue weighted by molar-refractivity contribution is -0.153. The van der Waals surface area contributed by atoms with Crippen LogP contribution in [0.2, 0.25) is 0 Å². The lowest BCUT2D eigenvalue weighted by Crippen LogP contribution is -2.29. The Balaban J connectivity index is 1.33. The van der Waals surface area contributed by atoms with Crippen LogP contribution in [0.15, 0.2) is 54.9 Å². The summed E-state index contributed by atoms with van der Waals surface area (Å²) >= 11 is 0. The quantitative estimate of drug-likeness (QED) is 0.642. The van der Waals surface area contributed by atoms with Crippen LogP contribution in [0.5, 0.6) is 5.75 Å². The number of benzene rings is 1. The Bertz CT molecular complexity index is 1050. The molecule has 0 radical (unpaired) electrons. The minimum atomic E-state index is -4.40. The maximum Gasteiger partial charge on any atom is 0.422 e. The maximum absolute atomic E-state index is 12.6. The summed E-state index contributed by atoms with van der Waals surface area (Å²) in [7, 11) is 0. The van der Waals surface area contributed by atoms with E-state index in [4.69, 9.17) is 0 Å². The van der Waals surface area contributed by atoms with Crippen LogP contribution in [0.1, 0.15) is 36.7 Å². The highest BCUT2D eigenvalue weighted by Gasteiger charge is 2.45. The van der Waals surface area contributed by atoms with Gasteiger partial charge in [-0.3, -0.25) is 14.8 Å². The monoisotopic (exact) mass is 415 g/mol. The highest BCUT2D eigenvalue weighted by Crippen LogP contribution is 2.47. The number of hydrogen-bond donors (Lipinski definition) is 1. The summed E-state index contributed by atoms with van der Waals surface area (Å²) in [4.78, 5) is 21.2. The zero-order valence-electron chi connectivity index (χ0n) is 16.2. The summed E-state index contributed by atoms with van der Waals surface area (Å²) in [5.41, 5.74) is 1.45. The number of nitrogens with one attached hydrogen (secondary N) is 1. The van der Waals surface area contributed by atoms with Gasteiger partial charge in [-0.25, -0.2) is 0 Å². The summed E-state index contributed by atoms with van der Waals surface area (Å²) in [6.07, 6.45) is -0.613. The van der Waals surface area contributed by atoms with Crippen molar-refractivity contribution in [1.82, 2.24) is 15.3 Å². The second kappa shape index (κ2) is 7.93. The SMILES string of the molecule is CC(NC(=O)C1CC1c1cc2ccccc2cn1)c1ccc(OCC(F)(F)F)cn1. The highest BCUT2D eigenvalue weighted by molar-refractivity contribution is 5.85. The molecule has 1 aliphatic rings. The standard InChI is InChI=1S/C22H20F3N3O2/c1-13(19-7-6-16(11-27-19)30-12-22(23,24)25)28-21(29)18-9-17(18)20-8-14-4-2-3-5-15(14)10-26-20/h2-8,10-11,13,17-18H,9,12H2,1H3,(H,28,29). The highest BCUT2D eigenvalue weighted by atomic mass is 19.4. The van der Waals surface area contributed by atoms with Crippen LogP contribution in [0, 0.1) is 5.92 Å². The van der Waals surface area contributed by atoms with Crippen molar-refractivity contribution in [2.24, 2.45) is 5.92 Å². The van der Waals surface area contributed by atoms with Crippen LogP contribution in [0.3, 0.4) is 0 Å². The summed E-state index contributed by atoms with van der Waals surface area (Å²) in [5.74, 6) is -0.107. The zero-order chi connectivity index (χ0) is 21.3. The van der Waals surface area contributed by atoms with E-state index in [1.54, 1.807) is 13.0 Å². The molecule has 5 nitrogen and oxygen atoms in total. The van der Waals surface area contributed by atoms with E-state index < -0.39 is 12.8 Å². The zero-order valence-corrected chi connectivity index (χ0v) is 16.2. The van der Waals surface area contributed by atoms with Crippen LogP contribution < -0.4 is 10.1 Å². The van der Waals surface area contributed by atoms with E-state index in [1.165, 1.54) is 12.3 Å². The predicted octanol–water partition coefficient (Wildman–Crippen LogP) is 4.55. The van der Waals surface area contributed by atoms with Gasteiger partial charge >= 0.3 is 6.18 Å². The normalized spacial score (nSPS) is 19.3. The van der Waals surface area contributed by atoms with Crippen molar-refractivity contribution in [3.05, 3.63) is 66.2 Å². The minimum absolute atomic E-state index is 0.0271. The molecule has 1 amide bonds. The smallest absolute Gasteiger partial charge is 0.422 e. The molecule has 3 unspecified atom stereocenters. The number of aromatic nitrogens is 2. The number of pyridine rings is 2. The Kier molecular flexibility index (Phi) is 5.32. The molecule has 3 aromatic rings. The molecule has 1 saturated carbocycles. The largest absolute Gasteiger partial charge is 0.483 e. The summed E-state index contributed by atoms with van der Waals surface area (Å²) in [6.45, 7) is 0.411. The van der Waals surface area contributed by atoms with E-state index in [2.05, 4.69) is 20.0 Å². The predicted molar refractivity (Wildman–Crippen MR) is 105 cm³/mol. The second-order valence-electron chi connectivity index (χ2n) is 7.46. The van der Waals surface area contributed by atoms with Gasteiger partial charge in [0.1, 0.15) is 5.75 Å². The van der Waals surface area contributed by atoms with Gasteiger partial charge in [0.2, 0.25) is 5.91 Å². The summed E-state index contributed by atoms with van der Waals surface area (Å²) < 4.78 is 41.3. The molecule has 156 valence electrons. The molecule has 1 aliphatic carbocycles. The molecule has 1 N–H and O–H groups in total. The Morgan fingerprint density at radius 3 is 2.63 bits per heavy atom. The van der Waals surface area contributed by atoms with Gasteiger partial charge in [-0.2, -0.15) is 13.2 Å². The van der Waals surface area contributed by atoms with Gasteiger partial charge in [0.25, 0.3) is 0 Å². The van der Waals surface area contributed by atoms with Crippen molar-refractivity contribution < 1.29 is 22.7 Å². The van der Waals surface area contributed by atoms with Crippen LogP contribution in [-0.2, 0) is 4.79 Å². The number of rotatable bonds is 6. The molecule has 0 saturated heterocycles. The van der Waals surface area contributed by atoms with E-state index in [0.717, 1.165) is 22.9 Å². The molecule has 1 fully saturated rings. The Labute approximate surface area is 171 Å². The third-order valence-corrected chi connectivity index (χ3v) is 5.12. The van der Waals surface area contributed by atoms with Crippen LogP contribution in [-0.4, -0.2) is 28.7 Å². The lowest BCUT2D eigenvalue weighted by Gasteiger charge is -2.14. The topological polar surface area (TPSA) is 64.1 Å². The fraction of sp³-hybridized carbons (Fsp3) is 0.318. The van der Waals surface area contributed by atoms with Crippen LogP contribution >= 0.6 is 0 Å².